The second-order valence-corrected chi connectivity index (χ2v) is 17.4. The normalized spacial score (nSPS) is 11.9. The number of aromatic nitrogens is 4. The van der Waals surface area contributed by atoms with Crippen molar-refractivity contribution in [2.24, 2.45) is 20.5 Å². The van der Waals surface area contributed by atoms with Gasteiger partial charge in [0.1, 0.15) is 11.4 Å². The predicted octanol–water partition coefficient (Wildman–Crippen LogP) is -4.29. The van der Waals surface area contributed by atoms with E-state index in [4.69, 9.17) is 18.2 Å². The van der Waals surface area contributed by atoms with Gasteiger partial charge in [-0.05, 0) is 97.1 Å². The van der Waals surface area contributed by atoms with E-state index in [2.05, 4.69) is 30.7 Å². The average molecular weight is 981 g/mol. The molecule has 6 aromatic rings. The summed E-state index contributed by atoms with van der Waals surface area (Å²) in [5.74, 6) is -5.12. The van der Waals surface area contributed by atoms with E-state index in [-0.39, 0.29) is 81.9 Å². The number of carbonyl (C=O) groups excluding carboxylic acids is 2. The maximum absolute atomic E-state index is 11.4. The van der Waals surface area contributed by atoms with Crippen molar-refractivity contribution < 1.29 is 141 Å². The van der Waals surface area contributed by atoms with Crippen LogP contribution in [0.15, 0.2) is 137 Å². The van der Waals surface area contributed by atoms with Crippen LogP contribution in [0.25, 0.3) is 11.4 Å². The van der Waals surface area contributed by atoms with E-state index in [1.54, 1.807) is 0 Å². The summed E-state index contributed by atoms with van der Waals surface area (Å²) >= 11 is 0. The standard InChI is InChI=1S/2C16H12N4O9S2.2Na/c2*21-15-13(18-17-9-1-5-11(6-2-9)30(24,25)26)14(16(22)23)19-20(15)10-3-7-12(8-4-10)31(27,28)29;;/h2*1-8,21H,(H,22,23)(H,24,25,26)(H,27,28,29);;/q;;2*+1/p-2/b2*18-17+;;. The van der Waals surface area contributed by atoms with E-state index in [0.29, 0.717) is 0 Å². The summed E-state index contributed by atoms with van der Waals surface area (Å²) in [6.07, 6.45) is 0. The van der Waals surface area contributed by atoms with Crippen LogP contribution in [0.1, 0.15) is 21.0 Å². The third-order valence-corrected chi connectivity index (χ3v) is 11.1. The van der Waals surface area contributed by atoms with Crippen LogP contribution in [0.5, 0.6) is 11.8 Å². The molecule has 2 aromatic heterocycles. The van der Waals surface area contributed by atoms with E-state index in [9.17, 15) is 63.7 Å². The van der Waals surface area contributed by atoms with Crippen molar-refractivity contribution >= 4 is 75.2 Å². The second kappa shape index (κ2) is 20.7. The molecule has 324 valence electrons. The molecule has 6 N–H and O–H groups in total. The fourth-order valence-electron chi connectivity index (χ4n) is 4.72. The van der Waals surface area contributed by atoms with Gasteiger partial charge in [-0.15, -0.1) is 10.2 Å². The molecule has 0 saturated carbocycles. The van der Waals surface area contributed by atoms with E-state index < -0.39 is 107 Å². The van der Waals surface area contributed by atoms with Gasteiger partial charge in [-0.3, -0.25) is 18.2 Å². The van der Waals surface area contributed by atoms with Crippen LogP contribution >= 0.6 is 0 Å². The Labute approximate surface area is 403 Å². The van der Waals surface area contributed by atoms with Gasteiger partial charge in [0.25, 0.3) is 40.5 Å². The maximum Gasteiger partial charge on any atom is 1.00 e. The molecule has 0 aliphatic heterocycles. The number of hydrogen-bond donors (Lipinski definition) is 6. The second-order valence-electron chi connectivity index (χ2n) is 11.7. The van der Waals surface area contributed by atoms with Crippen LogP contribution in [-0.4, -0.2) is 93.6 Å². The molecule has 0 amide bonds. The Balaban J connectivity index is 0.000000330. The quantitative estimate of drug-likeness (QED) is 0.0384. The van der Waals surface area contributed by atoms with Crippen molar-refractivity contribution in [1.82, 2.24) is 19.6 Å². The minimum absolute atomic E-state index is 0. The van der Waals surface area contributed by atoms with Crippen LogP contribution < -0.4 is 69.3 Å². The monoisotopic (exact) mass is 980 g/mol. The number of azo groups is 2. The Morgan fingerprint density at radius 1 is 0.438 bits per heavy atom. The van der Waals surface area contributed by atoms with Gasteiger partial charge in [0.2, 0.25) is 11.8 Å². The van der Waals surface area contributed by atoms with Crippen molar-refractivity contribution in [2.45, 2.75) is 19.6 Å². The molecule has 0 bridgehead atoms. The van der Waals surface area contributed by atoms with Gasteiger partial charge >= 0.3 is 59.1 Å². The molecule has 0 atom stereocenters. The molecule has 26 nitrogen and oxygen atoms in total. The third-order valence-electron chi connectivity index (χ3n) is 7.62. The molecular weight excluding hydrogens is 959 g/mol. The number of aromatic carboxylic acids is 2. The van der Waals surface area contributed by atoms with Crippen molar-refractivity contribution in [3.8, 4) is 23.1 Å². The van der Waals surface area contributed by atoms with Crippen molar-refractivity contribution in [3.63, 3.8) is 0 Å². The molecule has 6 rings (SSSR count). The zero-order valence-electron chi connectivity index (χ0n) is 32.0. The largest absolute Gasteiger partial charge is 1.00 e. The Morgan fingerprint density at radius 3 is 0.891 bits per heavy atom. The molecule has 2 heterocycles. The van der Waals surface area contributed by atoms with E-state index >= 15 is 0 Å². The summed E-state index contributed by atoms with van der Waals surface area (Å²) in [4.78, 5) is 21.1. The molecule has 32 heteroatoms. The zero-order valence-corrected chi connectivity index (χ0v) is 39.3. The summed E-state index contributed by atoms with van der Waals surface area (Å²) in [6.45, 7) is 0. The molecule has 4 aromatic carbocycles. The van der Waals surface area contributed by atoms with Gasteiger partial charge in [-0.2, -0.15) is 63.5 Å². The number of carboxylic acids is 2. The fraction of sp³-hybridized carbons (Fsp3) is 0. The summed E-state index contributed by atoms with van der Waals surface area (Å²) in [7, 11) is -17.8. The summed E-state index contributed by atoms with van der Waals surface area (Å²) in [5, 5.41) is 65.3. The van der Waals surface area contributed by atoms with Gasteiger partial charge in [0.05, 0.1) is 54.3 Å². The fourth-order valence-corrected chi connectivity index (χ4v) is 6.64. The smallest absolute Gasteiger partial charge is 0.543 e. The van der Waals surface area contributed by atoms with Gasteiger partial charge in [-0.1, -0.05) is 0 Å². The topological polar surface area (TPSA) is 423 Å². The molecule has 0 radical (unpaired) electrons. The Kier molecular flexibility index (Phi) is 17.1. The third kappa shape index (κ3) is 12.9. The molecule has 0 saturated heterocycles. The summed E-state index contributed by atoms with van der Waals surface area (Å²) < 4.78 is 126. The number of carbonyl (C=O) groups is 2. The molecule has 0 unspecified atom stereocenters. The van der Waals surface area contributed by atoms with E-state index in [1.165, 1.54) is 24.3 Å². The number of nitrogens with zero attached hydrogens (tertiary/aromatic N) is 8. The Hall–Kier alpha value is -5.32. The Morgan fingerprint density at radius 2 is 0.672 bits per heavy atom. The first-order valence-corrected chi connectivity index (χ1v) is 21.7. The number of aromatic hydroxyl groups is 2. The number of rotatable bonds is 12. The van der Waals surface area contributed by atoms with Gasteiger partial charge < -0.3 is 30.0 Å². The molecule has 0 aliphatic rings. The van der Waals surface area contributed by atoms with Crippen molar-refractivity contribution in [2.75, 3.05) is 0 Å². The van der Waals surface area contributed by atoms with Crippen molar-refractivity contribution in [3.05, 3.63) is 108 Å². The summed E-state index contributed by atoms with van der Waals surface area (Å²) in [5.41, 5.74) is -2.56. The predicted molar refractivity (Wildman–Crippen MR) is 200 cm³/mol. The minimum Gasteiger partial charge on any atom is -0.543 e. The number of benzene rings is 4. The van der Waals surface area contributed by atoms with Gasteiger partial charge in [-0.25, -0.2) is 0 Å². The average Bonchev–Trinajstić information content (AvgIpc) is 3.71. The molecule has 0 aliphatic carbocycles. The first-order chi connectivity index (χ1) is 28.8. The number of hydrogen-bond acceptors (Lipinski definition) is 20. The molecule has 0 spiro atoms. The maximum atomic E-state index is 11.4. The summed E-state index contributed by atoms with van der Waals surface area (Å²) in [6, 6.07) is 17.4. The van der Waals surface area contributed by atoms with E-state index in [0.717, 1.165) is 82.2 Å². The first kappa shape index (κ1) is 53.0. The van der Waals surface area contributed by atoms with Gasteiger partial charge in [0.15, 0.2) is 11.4 Å². The molecule has 0 fully saturated rings. The first-order valence-electron chi connectivity index (χ1n) is 16.0. The van der Waals surface area contributed by atoms with Gasteiger partial charge in [0, 0.05) is 0 Å². The van der Waals surface area contributed by atoms with Crippen LogP contribution in [-0.2, 0) is 40.5 Å². The van der Waals surface area contributed by atoms with Crippen LogP contribution in [0, 0.1) is 0 Å². The van der Waals surface area contributed by atoms with E-state index in [1.807, 2.05) is 0 Å². The van der Waals surface area contributed by atoms with Crippen molar-refractivity contribution in [1.29, 1.82) is 0 Å². The van der Waals surface area contributed by atoms with Crippen LogP contribution in [0.4, 0.5) is 22.7 Å². The molecular formula is C32H22N8Na2O18S4. The van der Waals surface area contributed by atoms with Crippen LogP contribution in [0.3, 0.4) is 0 Å². The molecule has 64 heavy (non-hydrogen) atoms. The zero-order chi connectivity index (χ0) is 45.9. The van der Waals surface area contributed by atoms with Crippen LogP contribution in [0.2, 0.25) is 0 Å². The minimum atomic E-state index is -4.46. The number of carboxylic acid groups (broad SMARTS) is 2. The Bertz CT molecular complexity index is 3020. The SMILES string of the molecule is O=C([O-])c1nn(-c2ccc(S(=O)(=O)O)cc2)c(O)c1/N=N/c1ccc(S(=O)(=O)O)cc1.O=C([O-])c1nn(-c2ccc(S(=O)(=O)O)cc2)c(O)c1/N=N/c1ccc(S(=O)(=O)O)cc1.[Na+].[Na+].